The average Bonchev–Trinajstić information content (AvgIpc) is 2.15. The van der Waals surface area contributed by atoms with E-state index >= 15 is 0 Å². The van der Waals surface area contributed by atoms with Crippen LogP contribution in [-0.4, -0.2) is 38.1 Å². The molecule has 0 aromatic heterocycles. The highest BCUT2D eigenvalue weighted by Gasteiger charge is 2.20. The molecule has 1 aliphatic rings. The highest BCUT2D eigenvalue weighted by molar-refractivity contribution is 8.13. The van der Waals surface area contributed by atoms with Gasteiger partial charge in [-0.15, -0.1) is 0 Å². The molecule has 1 atom stereocenters. The molecule has 94 valence electrons. The van der Waals surface area contributed by atoms with Gasteiger partial charge in [-0.3, -0.25) is 4.79 Å². The number of hydrogen-bond donors (Lipinski definition) is 0. The Labute approximate surface area is 101 Å². The van der Waals surface area contributed by atoms with Crippen LogP contribution in [0, 0.1) is 5.92 Å². The van der Waals surface area contributed by atoms with Crippen LogP contribution in [0.1, 0.15) is 32.6 Å². The van der Waals surface area contributed by atoms with Crippen LogP contribution in [0.3, 0.4) is 0 Å². The van der Waals surface area contributed by atoms with Crippen molar-refractivity contribution in [2.45, 2.75) is 32.6 Å². The quantitative estimate of drug-likeness (QED) is 0.727. The van der Waals surface area contributed by atoms with Gasteiger partial charge in [-0.1, -0.05) is 6.92 Å². The molecule has 1 heterocycles. The lowest BCUT2D eigenvalue weighted by molar-refractivity contribution is -0.132. The molecule has 1 fully saturated rings. The Hall–Kier alpha value is -0.290. The third-order valence-corrected chi connectivity index (χ3v) is 4.03. The fraction of sp³-hybridized carbons (Fsp3) is 0.900. The van der Waals surface area contributed by atoms with Gasteiger partial charge in [0.05, 0.1) is 5.75 Å². The van der Waals surface area contributed by atoms with Crippen molar-refractivity contribution in [3.8, 4) is 0 Å². The van der Waals surface area contributed by atoms with Crippen molar-refractivity contribution in [2.24, 2.45) is 5.92 Å². The molecule has 0 aromatic rings. The van der Waals surface area contributed by atoms with Gasteiger partial charge in [0.15, 0.2) is 0 Å². The second-order valence-corrected chi connectivity index (χ2v) is 7.33. The minimum Gasteiger partial charge on any atom is -0.342 e. The number of likely N-dealkylation sites (tertiary alicyclic amines) is 1. The number of rotatable bonds is 4. The van der Waals surface area contributed by atoms with Crippen molar-refractivity contribution in [3.63, 3.8) is 0 Å². The second-order valence-electron chi connectivity index (χ2n) is 4.43. The molecule has 1 unspecified atom stereocenters. The molecular formula is C10H18ClNO3S. The standard InChI is InChI=1S/C10H18ClNO3S/c1-9-4-2-6-12(8-9)10(13)5-3-7-16(11,14)15/h9H,2-8H2,1H3. The number of carbonyl (C=O) groups excluding carboxylic acids is 1. The maximum Gasteiger partial charge on any atom is 0.232 e. The van der Waals surface area contributed by atoms with Crippen LogP contribution in [0.4, 0.5) is 0 Å². The van der Waals surface area contributed by atoms with Crippen molar-refractivity contribution in [1.82, 2.24) is 4.90 Å². The fourth-order valence-electron chi connectivity index (χ4n) is 1.97. The van der Waals surface area contributed by atoms with Crippen molar-refractivity contribution >= 4 is 25.6 Å². The van der Waals surface area contributed by atoms with Crippen molar-refractivity contribution in [3.05, 3.63) is 0 Å². The molecular weight excluding hydrogens is 250 g/mol. The molecule has 0 radical (unpaired) electrons. The lowest BCUT2D eigenvalue weighted by Crippen LogP contribution is -2.39. The molecule has 0 bridgehead atoms. The van der Waals surface area contributed by atoms with Crippen LogP contribution in [0.25, 0.3) is 0 Å². The third-order valence-electron chi connectivity index (χ3n) is 2.79. The molecule has 1 aliphatic heterocycles. The number of piperidine rings is 1. The lowest BCUT2D eigenvalue weighted by atomic mass is 10.00. The van der Waals surface area contributed by atoms with E-state index in [-0.39, 0.29) is 18.1 Å². The summed E-state index contributed by atoms with van der Waals surface area (Å²) in [7, 11) is 1.61. The van der Waals surface area contributed by atoms with E-state index in [0.29, 0.717) is 12.3 Å². The Morgan fingerprint density at radius 1 is 1.50 bits per heavy atom. The van der Waals surface area contributed by atoms with Crippen LogP contribution >= 0.6 is 10.7 Å². The van der Waals surface area contributed by atoms with Gasteiger partial charge in [-0.25, -0.2) is 8.42 Å². The van der Waals surface area contributed by atoms with Crippen molar-refractivity contribution in [2.75, 3.05) is 18.8 Å². The van der Waals surface area contributed by atoms with Crippen LogP contribution in [-0.2, 0) is 13.8 Å². The summed E-state index contributed by atoms with van der Waals surface area (Å²) in [5.41, 5.74) is 0. The number of nitrogens with zero attached hydrogens (tertiary/aromatic N) is 1. The molecule has 0 aliphatic carbocycles. The minimum atomic E-state index is -3.46. The Bertz CT molecular complexity index is 342. The first-order valence-corrected chi connectivity index (χ1v) is 8.06. The van der Waals surface area contributed by atoms with E-state index in [4.69, 9.17) is 10.7 Å². The Morgan fingerprint density at radius 3 is 2.75 bits per heavy atom. The summed E-state index contributed by atoms with van der Waals surface area (Å²) in [6, 6.07) is 0. The normalized spacial score (nSPS) is 22.1. The van der Waals surface area contributed by atoms with E-state index in [1.807, 2.05) is 4.90 Å². The first-order chi connectivity index (χ1) is 7.38. The molecule has 4 nitrogen and oxygen atoms in total. The number of amides is 1. The molecule has 16 heavy (non-hydrogen) atoms. The van der Waals surface area contributed by atoms with Crippen LogP contribution in [0.5, 0.6) is 0 Å². The van der Waals surface area contributed by atoms with Crippen molar-refractivity contribution < 1.29 is 13.2 Å². The molecule has 0 N–H and O–H groups in total. The zero-order chi connectivity index (χ0) is 12.2. The lowest BCUT2D eigenvalue weighted by Gasteiger charge is -2.31. The van der Waals surface area contributed by atoms with E-state index in [9.17, 15) is 13.2 Å². The van der Waals surface area contributed by atoms with Gasteiger partial charge in [0, 0.05) is 30.2 Å². The largest absolute Gasteiger partial charge is 0.342 e. The van der Waals surface area contributed by atoms with E-state index in [1.54, 1.807) is 0 Å². The smallest absolute Gasteiger partial charge is 0.232 e. The summed E-state index contributed by atoms with van der Waals surface area (Å²) in [5.74, 6) is 0.477. The highest BCUT2D eigenvalue weighted by Crippen LogP contribution is 2.16. The summed E-state index contributed by atoms with van der Waals surface area (Å²) in [4.78, 5) is 13.5. The van der Waals surface area contributed by atoms with Gasteiger partial charge in [0.25, 0.3) is 0 Å². The Morgan fingerprint density at radius 2 is 2.19 bits per heavy atom. The molecule has 0 spiro atoms. The van der Waals surface area contributed by atoms with Gasteiger partial charge in [-0.05, 0) is 25.2 Å². The predicted molar refractivity (Wildman–Crippen MR) is 63.9 cm³/mol. The summed E-state index contributed by atoms with van der Waals surface area (Å²) in [6.45, 7) is 3.73. The van der Waals surface area contributed by atoms with Gasteiger partial charge < -0.3 is 4.90 Å². The molecule has 0 saturated carbocycles. The first kappa shape index (κ1) is 13.8. The van der Waals surface area contributed by atoms with E-state index < -0.39 is 9.05 Å². The molecule has 6 heteroatoms. The molecule has 0 aromatic carbocycles. The third kappa shape index (κ3) is 5.16. The first-order valence-electron chi connectivity index (χ1n) is 5.58. The predicted octanol–water partition coefficient (Wildman–Crippen LogP) is 1.59. The average molecular weight is 268 g/mol. The number of carbonyl (C=O) groups is 1. The molecule has 1 saturated heterocycles. The Balaban J connectivity index is 2.29. The minimum absolute atomic E-state index is 0.0480. The zero-order valence-electron chi connectivity index (χ0n) is 9.49. The van der Waals surface area contributed by atoms with E-state index in [0.717, 1.165) is 19.5 Å². The summed E-state index contributed by atoms with van der Waals surface area (Å²) < 4.78 is 21.4. The Kier molecular flexibility index (Phi) is 5.05. The van der Waals surface area contributed by atoms with Crippen molar-refractivity contribution in [1.29, 1.82) is 0 Å². The maximum absolute atomic E-state index is 11.7. The second kappa shape index (κ2) is 5.87. The summed E-state index contributed by atoms with van der Waals surface area (Å²) >= 11 is 0. The monoisotopic (exact) mass is 267 g/mol. The fourth-order valence-corrected chi connectivity index (χ4v) is 2.79. The van der Waals surface area contributed by atoms with Crippen LogP contribution in [0.15, 0.2) is 0 Å². The highest BCUT2D eigenvalue weighted by atomic mass is 35.7. The molecule has 1 amide bonds. The van der Waals surface area contributed by atoms with Gasteiger partial charge in [0.2, 0.25) is 15.0 Å². The van der Waals surface area contributed by atoms with Crippen LogP contribution in [0.2, 0.25) is 0 Å². The van der Waals surface area contributed by atoms with Gasteiger partial charge >= 0.3 is 0 Å². The number of hydrogen-bond acceptors (Lipinski definition) is 3. The topological polar surface area (TPSA) is 54.5 Å². The summed E-state index contributed by atoms with van der Waals surface area (Å²) in [5, 5.41) is 0. The van der Waals surface area contributed by atoms with Gasteiger partial charge in [-0.2, -0.15) is 0 Å². The molecule has 1 rings (SSSR count). The maximum atomic E-state index is 11.7. The van der Waals surface area contributed by atoms with Crippen LogP contribution < -0.4 is 0 Å². The van der Waals surface area contributed by atoms with Gasteiger partial charge in [0.1, 0.15) is 0 Å². The summed E-state index contributed by atoms with van der Waals surface area (Å²) in [6.07, 6.45) is 2.80. The number of halogens is 1. The van der Waals surface area contributed by atoms with E-state index in [1.165, 1.54) is 6.42 Å². The van der Waals surface area contributed by atoms with E-state index in [2.05, 4.69) is 6.92 Å². The SMILES string of the molecule is CC1CCCN(C(=O)CCCS(=O)(=O)Cl)C1. The zero-order valence-corrected chi connectivity index (χ0v) is 11.1.